The number of rotatable bonds is 9. The minimum Gasteiger partial charge on any atom is -0.487 e. The summed E-state index contributed by atoms with van der Waals surface area (Å²) in [4.78, 5) is 15.7. The lowest BCUT2D eigenvalue weighted by atomic mass is 10.0. The minimum atomic E-state index is -4.41. The van der Waals surface area contributed by atoms with E-state index >= 15 is 0 Å². The Balaban J connectivity index is 1.67. The van der Waals surface area contributed by atoms with Crippen LogP contribution in [0.4, 0.5) is 13.2 Å². The minimum absolute atomic E-state index is 0.103. The molecule has 1 aromatic heterocycles. The number of benzene rings is 2. The molecule has 3 rings (SSSR count). The Morgan fingerprint density at radius 1 is 1.15 bits per heavy atom. The van der Waals surface area contributed by atoms with Crippen LogP contribution in [0, 0.1) is 13.8 Å². The maximum atomic E-state index is 12.7. The fraction of sp³-hybridized carbons (Fsp3) is 0.333. The number of alkyl halides is 3. The molecule has 0 saturated heterocycles. The smallest absolute Gasteiger partial charge is 0.416 e. The van der Waals surface area contributed by atoms with Gasteiger partial charge in [0, 0.05) is 18.6 Å². The topological polar surface area (TPSA) is 81.8 Å². The van der Waals surface area contributed by atoms with Crippen LogP contribution < -0.4 is 4.74 Å². The van der Waals surface area contributed by atoms with Gasteiger partial charge in [-0.25, -0.2) is 9.78 Å². The van der Waals surface area contributed by atoms with Crippen LogP contribution in [0.2, 0.25) is 0 Å². The average molecular weight is 463 g/mol. The van der Waals surface area contributed by atoms with Crippen LogP contribution in [0.3, 0.4) is 0 Å². The molecule has 0 spiro atoms. The van der Waals surface area contributed by atoms with E-state index in [4.69, 9.17) is 13.9 Å². The van der Waals surface area contributed by atoms with Gasteiger partial charge < -0.3 is 19.0 Å². The first-order valence-electron chi connectivity index (χ1n) is 10.3. The summed E-state index contributed by atoms with van der Waals surface area (Å²) in [5.41, 5.74) is 1.91. The molecular formula is C24H24F3NO5. The second kappa shape index (κ2) is 10.1. The Kier molecular flexibility index (Phi) is 7.43. The predicted octanol–water partition coefficient (Wildman–Crippen LogP) is 5.59. The predicted molar refractivity (Wildman–Crippen MR) is 114 cm³/mol. The fourth-order valence-corrected chi connectivity index (χ4v) is 3.24. The van der Waals surface area contributed by atoms with Crippen LogP contribution >= 0.6 is 0 Å². The summed E-state index contributed by atoms with van der Waals surface area (Å²) in [7, 11) is 0. The first kappa shape index (κ1) is 24.3. The van der Waals surface area contributed by atoms with Crippen LogP contribution in [0.25, 0.3) is 11.5 Å². The number of hydrogen-bond acceptors (Lipinski definition) is 5. The van der Waals surface area contributed by atoms with Crippen molar-refractivity contribution in [2.24, 2.45) is 0 Å². The average Bonchev–Trinajstić information content (AvgIpc) is 3.13. The molecule has 0 unspecified atom stereocenters. The molecule has 0 bridgehead atoms. The van der Waals surface area contributed by atoms with Gasteiger partial charge in [-0.05, 0) is 68.3 Å². The highest BCUT2D eigenvalue weighted by Gasteiger charge is 2.30. The molecule has 0 radical (unpaired) electrons. The van der Waals surface area contributed by atoms with Gasteiger partial charge in [-0.3, -0.25) is 0 Å². The third kappa shape index (κ3) is 6.13. The standard InChI is InChI=1S/C24H24F3NO5/c1-4-31-21(23(29)30)12-17-7-10-19(11-14(17)2)32-13-20-15(3)33-22(28-20)16-5-8-18(9-6-16)24(25,26)27/h5-11,21H,4,12-13H2,1-3H3,(H,29,30)/t21-/m0/s1. The van der Waals surface area contributed by atoms with E-state index in [-0.39, 0.29) is 18.9 Å². The molecule has 0 aliphatic heterocycles. The molecule has 0 saturated carbocycles. The number of hydrogen-bond donors (Lipinski definition) is 1. The molecule has 0 fully saturated rings. The summed E-state index contributed by atoms with van der Waals surface area (Å²) in [6.45, 7) is 5.72. The van der Waals surface area contributed by atoms with Gasteiger partial charge in [0.25, 0.3) is 0 Å². The van der Waals surface area contributed by atoms with E-state index in [1.165, 1.54) is 12.1 Å². The van der Waals surface area contributed by atoms with Gasteiger partial charge in [-0.1, -0.05) is 6.07 Å². The normalized spacial score (nSPS) is 12.5. The Hall–Kier alpha value is -3.33. The highest BCUT2D eigenvalue weighted by atomic mass is 19.4. The van der Waals surface area contributed by atoms with Crippen molar-refractivity contribution in [2.45, 2.75) is 46.1 Å². The van der Waals surface area contributed by atoms with Gasteiger partial charge in [0.2, 0.25) is 5.89 Å². The number of carbonyl (C=O) groups is 1. The van der Waals surface area contributed by atoms with E-state index < -0.39 is 23.8 Å². The van der Waals surface area contributed by atoms with Gasteiger partial charge >= 0.3 is 12.1 Å². The lowest BCUT2D eigenvalue weighted by molar-refractivity contribution is -0.150. The number of ether oxygens (including phenoxy) is 2. The molecule has 0 aliphatic carbocycles. The van der Waals surface area contributed by atoms with Crippen LogP contribution in [-0.2, 0) is 28.7 Å². The van der Waals surface area contributed by atoms with Crippen LogP contribution in [-0.4, -0.2) is 28.8 Å². The number of aromatic nitrogens is 1. The summed E-state index contributed by atoms with van der Waals surface area (Å²) in [6, 6.07) is 9.92. The summed E-state index contributed by atoms with van der Waals surface area (Å²) >= 11 is 0. The van der Waals surface area contributed by atoms with Crippen molar-refractivity contribution < 1.29 is 37.0 Å². The Morgan fingerprint density at radius 2 is 1.85 bits per heavy atom. The van der Waals surface area contributed by atoms with E-state index in [1.807, 2.05) is 6.92 Å². The zero-order valence-corrected chi connectivity index (χ0v) is 18.4. The van der Waals surface area contributed by atoms with Gasteiger partial charge in [0.1, 0.15) is 23.8 Å². The molecule has 1 atom stereocenters. The van der Waals surface area contributed by atoms with Crippen molar-refractivity contribution in [3.05, 3.63) is 70.6 Å². The van der Waals surface area contributed by atoms with E-state index in [1.54, 1.807) is 32.0 Å². The Morgan fingerprint density at radius 3 is 2.42 bits per heavy atom. The summed E-state index contributed by atoms with van der Waals surface area (Å²) in [6.07, 6.45) is -5.08. The monoisotopic (exact) mass is 463 g/mol. The molecule has 9 heteroatoms. The van der Waals surface area contributed by atoms with E-state index in [2.05, 4.69) is 4.98 Å². The largest absolute Gasteiger partial charge is 0.487 e. The van der Waals surface area contributed by atoms with E-state index in [0.717, 1.165) is 23.3 Å². The fourth-order valence-electron chi connectivity index (χ4n) is 3.24. The van der Waals surface area contributed by atoms with E-state index in [0.29, 0.717) is 29.4 Å². The number of carboxylic acid groups (broad SMARTS) is 1. The zero-order valence-electron chi connectivity index (χ0n) is 18.4. The number of nitrogens with zero attached hydrogens (tertiary/aromatic N) is 1. The first-order valence-corrected chi connectivity index (χ1v) is 10.3. The number of oxazole rings is 1. The molecule has 3 aromatic rings. The maximum absolute atomic E-state index is 12.7. The molecule has 0 aliphatic rings. The Bertz CT molecular complexity index is 1110. The van der Waals surface area contributed by atoms with Crippen molar-refractivity contribution >= 4 is 5.97 Å². The lowest BCUT2D eigenvalue weighted by Gasteiger charge is -2.15. The number of aryl methyl sites for hydroxylation is 2. The molecular weight excluding hydrogens is 439 g/mol. The molecule has 1 N–H and O–H groups in total. The maximum Gasteiger partial charge on any atom is 0.416 e. The van der Waals surface area contributed by atoms with Crippen LogP contribution in [0.1, 0.15) is 35.1 Å². The SMILES string of the molecule is CCO[C@@H](Cc1ccc(OCc2nc(-c3ccc(C(F)(F)F)cc3)oc2C)cc1C)C(=O)O. The van der Waals surface area contributed by atoms with Gasteiger partial charge in [-0.2, -0.15) is 13.2 Å². The second-order valence-electron chi connectivity index (χ2n) is 7.46. The van der Waals surface area contributed by atoms with Crippen molar-refractivity contribution in [1.29, 1.82) is 0 Å². The number of aliphatic carboxylic acids is 1. The van der Waals surface area contributed by atoms with Gasteiger partial charge in [0.15, 0.2) is 6.10 Å². The number of carboxylic acids is 1. The van der Waals surface area contributed by atoms with Crippen molar-refractivity contribution in [3.63, 3.8) is 0 Å². The second-order valence-corrected chi connectivity index (χ2v) is 7.46. The summed E-state index contributed by atoms with van der Waals surface area (Å²) in [5.74, 6) is 0.265. The zero-order chi connectivity index (χ0) is 24.2. The third-order valence-corrected chi connectivity index (χ3v) is 5.09. The molecule has 33 heavy (non-hydrogen) atoms. The van der Waals surface area contributed by atoms with Crippen molar-refractivity contribution in [2.75, 3.05) is 6.61 Å². The highest BCUT2D eigenvalue weighted by molar-refractivity contribution is 5.72. The number of halogens is 3. The molecule has 2 aromatic carbocycles. The highest BCUT2D eigenvalue weighted by Crippen LogP contribution is 2.31. The lowest BCUT2D eigenvalue weighted by Crippen LogP contribution is -2.26. The quantitative estimate of drug-likeness (QED) is 0.446. The van der Waals surface area contributed by atoms with E-state index in [9.17, 15) is 23.1 Å². The van der Waals surface area contributed by atoms with Crippen LogP contribution in [0.15, 0.2) is 46.9 Å². The molecule has 6 nitrogen and oxygen atoms in total. The Labute approximate surface area is 189 Å². The molecule has 176 valence electrons. The molecule has 1 heterocycles. The van der Waals surface area contributed by atoms with Gasteiger partial charge in [0.05, 0.1) is 5.56 Å². The van der Waals surface area contributed by atoms with Crippen LogP contribution in [0.5, 0.6) is 5.75 Å². The van der Waals surface area contributed by atoms with Crippen molar-refractivity contribution in [3.8, 4) is 17.2 Å². The summed E-state index contributed by atoms with van der Waals surface area (Å²) < 4.78 is 54.9. The first-order chi connectivity index (χ1) is 15.6. The summed E-state index contributed by atoms with van der Waals surface area (Å²) in [5, 5.41) is 9.27. The molecule has 0 amide bonds. The third-order valence-electron chi connectivity index (χ3n) is 5.09. The van der Waals surface area contributed by atoms with Gasteiger partial charge in [-0.15, -0.1) is 0 Å². The van der Waals surface area contributed by atoms with Crippen molar-refractivity contribution in [1.82, 2.24) is 4.98 Å².